The van der Waals surface area contributed by atoms with Gasteiger partial charge in [0.2, 0.25) is 5.89 Å². The average Bonchev–Trinajstić information content (AvgIpc) is 2.73. The molecule has 0 aliphatic rings. The first-order valence-electron chi connectivity index (χ1n) is 4.36. The fourth-order valence-corrected chi connectivity index (χ4v) is 1.61. The molecule has 0 saturated heterocycles. The Morgan fingerprint density at radius 3 is 2.93 bits per heavy atom. The number of imidazole rings is 1. The molecule has 0 saturated carbocycles. The highest BCUT2D eigenvalue weighted by molar-refractivity contribution is 7.71. The van der Waals surface area contributed by atoms with Gasteiger partial charge < -0.3 is 14.0 Å². The minimum atomic E-state index is 0.0300. The predicted octanol–water partition coefficient (Wildman–Crippen LogP) is 2.45. The lowest BCUT2D eigenvalue weighted by Gasteiger charge is -2.08. The molecule has 1 atom stereocenters. The zero-order chi connectivity index (χ0) is 10.1. The topological polar surface area (TPSA) is 46.8 Å². The lowest BCUT2D eigenvalue weighted by molar-refractivity contribution is 0.413. The highest BCUT2D eigenvalue weighted by Crippen LogP contribution is 2.17. The number of aryl methyl sites for hydroxylation is 1. The van der Waals surface area contributed by atoms with Crippen molar-refractivity contribution in [2.45, 2.75) is 19.9 Å². The van der Waals surface area contributed by atoms with Gasteiger partial charge in [-0.05, 0) is 26.1 Å². The molecule has 2 aromatic heterocycles. The van der Waals surface area contributed by atoms with E-state index in [2.05, 4.69) is 9.97 Å². The molecule has 0 spiro atoms. The van der Waals surface area contributed by atoms with Gasteiger partial charge in [-0.2, -0.15) is 0 Å². The van der Waals surface area contributed by atoms with E-state index in [1.807, 2.05) is 24.6 Å². The molecule has 5 heteroatoms. The number of hydrogen-bond donors (Lipinski definition) is 1. The number of rotatable bonds is 2. The van der Waals surface area contributed by atoms with E-state index in [0.717, 1.165) is 5.76 Å². The molecule has 2 rings (SSSR count). The molecule has 0 aliphatic carbocycles. The Labute approximate surface area is 86.6 Å². The number of aromatic amines is 1. The molecule has 0 aromatic carbocycles. The van der Waals surface area contributed by atoms with Gasteiger partial charge in [-0.25, -0.2) is 4.98 Å². The third-order valence-corrected chi connectivity index (χ3v) is 2.42. The van der Waals surface area contributed by atoms with Crippen LogP contribution in [0.3, 0.4) is 0 Å². The van der Waals surface area contributed by atoms with Crippen molar-refractivity contribution < 1.29 is 4.42 Å². The molecular formula is C9H11N3OS. The molecule has 4 nitrogen and oxygen atoms in total. The van der Waals surface area contributed by atoms with Crippen molar-refractivity contribution in [3.8, 4) is 0 Å². The Kier molecular flexibility index (Phi) is 2.25. The Bertz CT molecular complexity index is 482. The summed E-state index contributed by atoms with van der Waals surface area (Å²) in [6, 6.07) is 0.0300. The number of nitrogens with one attached hydrogen (secondary N) is 1. The second kappa shape index (κ2) is 3.42. The van der Waals surface area contributed by atoms with Gasteiger partial charge >= 0.3 is 0 Å². The van der Waals surface area contributed by atoms with Crippen LogP contribution in [0.15, 0.2) is 23.0 Å². The molecule has 0 bridgehead atoms. The monoisotopic (exact) mass is 209 g/mol. The molecule has 0 fully saturated rings. The Balaban J connectivity index is 2.38. The third-order valence-electron chi connectivity index (χ3n) is 2.09. The van der Waals surface area contributed by atoms with Crippen LogP contribution in [0.5, 0.6) is 0 Å². The highest BCUT2D eigenvalue weighted by Gasteiger charge is 2.13. The normalized spacial score (nSPS) is 13.0. The van der Waals surface area contributed by atoms with E-state index in [0.29, 0.717) is 10.7 Å². The van der Waals surface area contributed by atoms with Gasteiger partial charge in [0.1, 0.15) is 11.8 Å². The van der Waals surface area contributed by atoms with Gasteiger partial charge in [0.15, 0.2) is 4.77 Å². The van der Waals surface area contributed by atoms with Gasteiger partial charge in [0.25, 0.3) is 0 Å². The van der Waals surface area contributed by atoms with Gasteiger partial charge in [-0.1, -0.05) is 0 Å². The lowest BCUT2D eigenvalue weighted by atomic mass is 10.3. The number of H-pyrrole nitrogens is 1. The van der Waals surface area contributed by atoms with Crippen LogP contribution >= 0.6 is 12.2 Å². The van der Waals surface area contributed by atoms with Gasteiger partial charge in [-0.3, -0.25) is 0 Å². The molecule has 1 N–H and O–H groups in total. The third kappa shape index (κ3) is 1.50. The number of aromatic nitrogens is 3. The van der Waals surface area contributed by atoms with Crippen molar-refractivity contribution in [3.63, 3.8) is 0 Å². The summed E-state index contributed by atoms with van der Waals surface area (Å²) in [5.41, 5.74) is 0. The fraction of sp³-hybridized carbons (Fsp3) is 0.333. The summed E-state index contributed by atoms with van der Waals surface area (Å²) in [6.45, 7) is 3.87. The Hall–Kier alpha value is -1.36. The summed E-state index contributed by atoms with van der Waals surface area (Å²) < 4.78 is 8.01. The lowest BCUT2D eigenvalue weighted by Crippen LogP contribution is -2.05. The zero-order valence-electron chi connectivity index (χ0n) is 8.02. The van der Waals surface area contributed by atoms with Crippen LogP contribution in [0.1, 0.15) is 24.6 Å². The van der Waals surface area contributed by atoms with Crippen molar-refractivity contribution >= 4 is 12.2 Å². The summed E-state index contributed by atoms with van der Waals surface area (Å²) in [5.74, 6) is 1.49. The summed E-state index contributed by atoms with van der Waals surface area (Å²) in [6.07, 6.45) is 5.39. The van der Waals surface area contributed by atoms with Crippen molar-refractivity contribution in [1.29, 1.82) is 0 Å². The van der Waals surface area contributed by atoms with Crippen LogP contribution in [0.25, 0.3) is 0 Å². The van der Waals surface area contributed by atoms with Gasteiger partial charge in [0, 0.05) is 12.4 Å². The van der Waals surface area contributed by atoms with E-state index in [1.54, 1.807) is 12.4 Å². The minimum Gasteiger partial charge on any atom is -0.444 e. The summed E-state index contributed by atoms with van der Waals surface area (Å²) in [7, 11) is 0. The Morgan fingerprint density at radius 1 is 1.64 bits per heavy atom. The fourth-order valence-electron chi connectivity index (χ4n) is 1.32. The number of oxazole rings is 1. The van der Waals surface area contributed by atoms with Crippen LogP contribution < -0.4 is 0 Å². The number of nitrogens with zero attached hydrogens (tertiary/aromatic N) is 2. The van der Waals surface area contributed by atoms with E-state index in [9.17, 15) is 0 Å². The smallest absolute Gasteiger partial charge is 0.217 e. The average molecular weight is 209 g/mol. The summed E-state index contributed by atoms with van der Waals surface area (Å²) in [4.78, 5) is 7.10. The van der Waals surface area contributed by atoms with Crippen molar-refractivity contribution in [2.24, 2.45) is 0 Å². The van der Waals surface area contributed by atoms with Crippen LogP contribution in [-0.4, -0.2) is 14.5 Å². The summed E-state index contributed by atoms with van der Waals surface area (Å²) >= 11 is 5.11. The first kappa shape index (κ1) is 9.21. The molecule has 1 unspecified atom stereocenters. The second-order valence-electron chi connectivity index (χ2n) is 3.16. The zero-order valence-corrected chi connectivity index (χ0v) is 8.84. The maximum atomic E-state index is 5.43. The van der Waals surface area contributed by atoms with E-state index < -0.39 is 0 Å². The van der Waals surface area contributed by atoms with Gasteiger partial charge in [0.05, 0.1) is 6.20 Å². The first-order valence-corrected chi connectivity index (χ1v) is 4.77. The van der Waals surface area contributed by atoms with Crippen LogP contribution in [0, 0.1) is 11.7 Å². The molecule has 0 amide bonds. The molecule has 0 aliphatic heterocycles. The quantitative estimate of drug-likeness (QED) is 0.773. The molecule has 2 heterocycles. The molecule has 74 valence electrons. The van der Waals surface area contributed by atoms with E-state index in [1.165, 1.54) is 0 Å². The second-order valence-corrected chi connectivity index (χ2v) is 3.54. The van der Waals surface area contributed by atoms with E-state index in [4.69, 9.17) is 16.6 Å². The van der Waals surface area contributed by atoms with Crippen molar-refractivity contribution in [3.05, 3.63) is 35.0 Å². The molecule has 2 aromatic rings. The van der Waals surface area contributed by atoms with E-state index in [-0.39, 0.29) is 6.04 Å². The largest absolute Gasteiger partial charge is 0.444 e. The van der Waals surface area contributed by atoms with Crippen LogP contribution in [0.4, 0.5) is 0 Å². The molecule has 0 radical (unpaired) electrons. The summed E-state index contributed by atoms with van der Waals surface area (Å²) in [5, 5.41) is 0. The SMILES string of the molecule is Cc1cnc(C(C)n2cc[nH]c2=S)o1. The van der Waals surface area contributed by atoms with Crippen molar-refractivity contribution in [2.75, 3.05) is 0 Å². The Morgan fingerprint density at radius 2 is 2.43 bits per heavy atom. The maximum absolute atomic E-state index is 5.43. The van der Waals surface area contributed by atoms with Crippen molar-refractivity contribution in [1.82, 2.24) is 14.5 Å². The number of hydrogen-bond acceptors (Lipinski definition) is 3. The van der Waals surface area contributed by atoms with Crippen LogP contribution in [0.2, 0.25) is 0 Å². The minimum absolute atomic E-state index is 0.0300. The van der Waals surface area contributed by atoms with Crippen LogP contribution in [-0.2, 0) is 0 Å². The van der Waals surface area contributed by atoms with E-state index >= 15 is 0 Å². The van der Waals surface area contributed by atoms with Gasteiger partial charge in [-0.15, -0.1) is 0 Å². The predicted molar refractivity (Wildman–Crippen MR) is 54.7 cm³/mol. The molecular weight excluding hydrogens is 198 g/mol. The highest BCUT2D eigenvalue weighted by atomic mass is 32.1. The maximum Gasteiger partial charge on any atom is 0.217 e. The first-order chi connectivity index (χ1) is 6.68. The molecule has 14 heavy (non-hydrogen) atoms. The standard InChI is InChI=1S/C9H11N3OS/c1-6-5-11-8(13-6)7(2)12-4-3-10-9(12)14/h3-5,7H,1-2H3,(H,10,14).